The summed E-state index contributed by atoms with van der Waals surface area (Å²) in [6, 6.07) is 17.9. The van der Waals surface area contributed by atoms with Crippen LogP contribution in [-0.4, -0.2) is 41.9 Å². The zero-order valence-electron chi connectivity index (χ0n) is 19.4. The number of anilines is 1. The van der Waals surface area contributed by atoms with Gasteiger partial charge in [-0.3, -0.25) is 4.79 Å². The van der Waals surface area contributed by atoms with Crippen molar-refractivity contribution in [2.24, 2.45) is 5.92 Å². The normalized spacial score (nSPS) is 18.4. The maximum atomic E-state index is 12.3. The number of carbonyl (C=O) groups is 1. The van der Waals surface area contributed by atoms with Crippen LogP contribution >= 0.6 is 0 Å². The van der Waals surface area contributed by atoms with E-state index in [0.29, 0.717) is 5.56 Å². The lowest BCUT2D eigenvalue weighted by molar-refractivity contribution is 0.0939. The highest BCUT2D eigenvalue weighted by molar-refractivity contribution is 5.93. The van der Waals surface area contributed by atoms with Crippen LogP contribution in [0.15, 0.2) is 67.0 Å². The summed E-state index contributed by atoms with van der Waals surface area (Å²) in [5.74, 6) is 2.38. The van der Waals surface area contributed by atoms with Crippen molar-refractivity contribution < 1.29 is 14.3 Å². The lowest BCUT2D eigenvalue weighted by atomic mass is 10.1. The van der Waals surface area contributed by atoms with Crippen LogP contribution in [0.25, 0.3) is 0 Å². The second-order valence-electron chi connectivity index (χ2n) is 9.12. The van der Waals surface area contributed by atoms with Crippen LogP contribution in [0, 0.1) is 5.92 Å². The molecule has 2 aromatic carbocycles. The second-order valence-corrected chi connectivity index (χ2v) is 9.12. The third kappa shape index (κ3) is 5.65. The van der Waals surface area contributed by atoms with Crippen molar-refractivity contribution in [3.63, 3.8) is 0 Å². The minimum absolute atomic E-state index is 0.132. The van der Waals surface area contributed by atoms with E-state index >= 15 is 0 Å². The Morgan fingerprint density at radius 1 is 1.03 bits per heavy atom. The van der Waals surface area contributed by atoms with Crippen molar-refractivity contribution in [2.75, 3.05) is 24.6 Å². The van der Waals surface area contributed by atoms with E-state index < -0.39 is 0 Å². The first kappa shape index (κ1) is 22.2. The molecule has 0 bridgehead atoms. The van der Waals surface area contributed by atoms with Gasteiger partial charge in [0, 0.05) is 18.7 Å². The Bertz CT molecular complexity index is 1090. The lowest BCUT2D eigenvalue weighted by Crippen LogP contribution is -2.26. The van der Waals surface area contributed by atoms with Crippen LogP contribution in [0.3, 0.4) is 0 Å². The van der Waals surface area contributed by atoms with Crippen molar-refractivity contribution in [3.8, 4) is 11.5 Å². The summed E-state index contributed by atoms with van der Waals surface area (Å²) >= 11 is 0. The maximum absolute atomic E-state index is 12.3. The maximum Gasteiger partial charge on any atom is 0.253 e. The Balaban J connectivity index is 1.11. The summed E-state index contributed by atoms with van der Waals surface area (Å²) in [6.07, 6.45) is 6.70. The number of hydrogen-bond donors (Lipinski definition) is 1. The van der Waals surface area contributed by atoms with Crippen molar-refractivity contribution >= 4 is 11.6 Å². The van der Waals surface area contributed by atoms with Gasteiger partial charge in [0.15, 0.2) is 0 Å². The fourth-order valence-electron chi connectivity index (χ4n) is 4.13. The number of aromatic nitrogens is 2. The largest absolute Gasteiger partial charge is 0.493 e. The molecule has 2 unspecified atom stereocenters. The summed E-state index contributed by atoms with van der Waals surface area (Å²) in [6.45, 7) is 4.62. The zero-order chi connectivity index (χ0) is 23.3. The quantitative estimate of drug-likeness (QED) is 0.512. The topological polar surface area (TPSA) is 76.6 Å². The smallest absolute Gasteiger partial charge is 0.253 e. The fraction of sp³-hybridized carbons (Fsp3) is 0.370. The van der Waals surface area contributed by atoms with Gasteiger partial charge in [-0.25, -0.2) is 0 Å². The van der Waals surface area contributed by atoms with E-state index in [9.17, 15) is 4.79 Å². The van der Waals surface area contributed by atoms with Crippen molar-refractivity contribution in [3.05, 3.63) is 78.1 Å². The minimum Gasteiger partial charge on any atom is -0.493 e. The second kappa shape index (κ2) is 10.1. The molecule has 1 saturated heterocycles. The Hall–Kier alpha value is -3.61. The number of nitrogens with one attached hydrogen (secondary N) is 1. The van der Waals surface area contributed by atoms with E-state index in [4.69, 9.17) is 9.47 Å². The molecule has 2 heterocycles. The van der Waals surface area contributed by atoms with Crippen LogP contribution in [0.1, 0.15) is 48.1 Å². The minimum atomic E-state index is -0.170. The molecule has 1 aromatic heterocycles. The first-order chi connectivity index (χ1) is 16.6. The molecular formula is C27H30N4O3. The molecule has 1 amide bonds. The molecular weight excluding hydrogens is 428 g/mol. The summed E-state index contributed by atoms with van der Waals surface area (Å²) in [5, 5.41) is 10.4. The molecule has 2 aliphatic rings. The Morgan fingerprint density at radius 2 is 1.79 bits per heavy atom. The van der Waals surface area contributed by atoms with Gasteiger partial charge in [-0.15, -0.1) is 0 Å². The van der Waals surface area contributed by atoms with E-state index in [1.54, 1.807) is 6.07 Å². The highest BCUT2D eigenvalue weighted by atomic mass is 16.5. The summed E-state index contributed by atoms with van der Waals surface area (Å²) in [7, 11) is 0. The highest BCUT2D eigenvalue weighted by Gasteiger charge is 2.25. The van der Waals surface area contributed by atoms with Gasteiger partial charge >= 0.3 is 0 Å². The first-order valence-corrected chi connectivity index (χ1v) is 12.0. The molecule has 1 aliphatic heterocycles. The predicted molar refractivity (Wildman–Crippen MR) is 130 cm³/mol. The predicted octanol–water partition coefficient (Wildman–Crippen LogP) is 4.41. The third-order valence-electron chi connectivity index (χ3n) is 6.41. The van der Waals surface area contributed by atoms with Gasteiger partial charge in [0.1, 0.15) is 17.6 Å². The number of benzene rings is 2. The Morgan fingerprint density at radius 3 is 2.50 bits per heavy atom. The van der Waals surface area contributed by atoms with E-state index in [-0.39, 0.29) is 18.1 Å². The molecule has 0 radical (unpaired) electrons. The van der Waals surface area contributed by atoms with Gasteiger partial charge in [0.05, 0.1) is 37.2 Å². The van der Waals surface area contributed by atoms with E-state index in [1.807, 2.05) is 31.2 Å². The summed E-state index contributed by atoms with van der Waals surface area (Å²) in [4.78, 5) is 14.7. The van der Waals surface area contributed by atoms with Crippen LogP contribution in [0.5, 0.6) is 11.5 Å². The van der Waals surface area contributed by atoms with E-state index in [0.717, 1.165) is 49.1 Å². The van der Waals surface area contributed by atoms with Crippen molar-refractivity contribution in [1.29, 1.82) is 0 Å². The van der Waals surface area contributed by atoms with Crippen LogP contribution < -0.4 is 19.7 Å². The van der Waals surface area contributed by atoms with Crippen molar-refractivity contribution in [2.45, 2.75) is 38.3 Å². The molecule has 2 atom stereocenters. The first-order valence-electron chi connectivity index (χ1n) is 12.0. The van der Waals surface area contributed by atoms with Crippen LogP contribution in [0.2, 0.25) is 0 Å². The third-order valence-corrected chi connectivity index (χ3v) is 6.41. The van der Waals surface area contributed by atoms with Gasteiger partial charge in [-0.05, 0) is 73.7 Å². The Kier molecular flexibility index (Phi) is 6.60. The van der Waals surface area contributed by atoms with Crippen LogP contribution in [0.4, 0.5) is 5.69 Å². The number of rotatable bonds is 9. The van der Waals surface area contributed by atoms with Gasteiger partial charge < -0.3 is 19.7 Å². The number of carbonyl (C=O) groups excluding carboxylic acids is 1. The molecule has 1 saturated carbocycles. The van der Waals surface area contributed by atoms with Crippen molar-refractivity contribution in [1.82, 2.24) is 15.5 Å². The zero-order valence-corrected chi connectivity index (χ0v) is 19.4. The lowest BCUT2D eigenvalue weighted by Gasteiger charge is -2.20. The number of ether oxygens (including phenoxy) is 2. The standard InChI is InChI=1S/C27H30N4O3/c1-19(30-27(32)22-12-14-28-29-16-22)21-4-8-25(9-5-21)34-26-13-15-31(17-26)23-6-10-24(11-7-23)33-18-20-2-3-20/h4-12,14,16,19-20,26H,2-3,13,15,17-18H2,1H3,(H,30,32). The fourth-order valence-corrected chi connectivity index (χ4v) is 4.13. The molecule has 7 heteroatoms. The van der Waals surface area contributed by atoms with Crippen LogP contribution in [-0.2, 0) is 0 Å². The number of hydrogen-bond acceptors (Lipinski definition) is 6. The molecule has 2 fully saturated rings. The highest BCUT2D eigenvalue weighted by Crippen LogP contribution is 2.30. The monoisotopic (exact) mass is 458 g/mol. The van der Waals surface area contributed by atoms with Gasteiger partial charge in [0.25, 0.3) is 5.91 Å². The van der Waals surface area contributed by atoms with E-state index in [1.165, 1.54) is 30.9 Å². The van der Waals surface area contributed by atoms with E-state index in [2.05, 4.69) is 44.7 Å². The molecule has 34 heavy (non-hydrogen) atoms. The number of nitrogens with zero attached hydrogens (tertiary/aromatic N) is 3. The van der Waals surface area contributed by atoms with Gasteiger partial charge in [-0.1, -0.05) is 12.1 Å². The number of amides is 1. The average Bonchev–Trinajstić information content (AvgIpc) is 3.60. The molecule has 7 nitrogen and oxygen atoms in total. The molecule has 0 spiro atoms. The summed E-state index contributed by atoms with van der Waals surface area (Å²) < 4.78 is 12.1. The van der Waals surface area contributed by atoms with Gasteiger partial charge in [-0.2, -0.15) is 10.2 Å². The SMILES string of the molecule is CC(NC(=O)c1ccnnc1)c1ccc(OC2CCN(c3ccc(OCC4CC4)cc3)C2)cc1. The molecule has 5 rings (SSSR count). The summed E-state index contributed by atoms with van der Waals surface area (Å²) in [5.41, 5.74) is 2.71. The average molecular weight is 459 g/mol. The molecule has 1 aliphatic carbocycles. The molecule has 176 valence electrons. The van der Waals surface area contributed by atoms with Gasteiger partial charge in [0.2, 0.25) is 0 Å². The Labute approximate surface area is 200 Å². The molecule has 3 aromatic rings. The molecule has 1 N–H and O–H groups in total.